The maximum Gasteiger partial charge on any atom is 0.326 e. The van der Waals surface area contributed by atoms with E-state index in [1.807, 2.05) is 10.6 Å². The van der Waals surface area contributed by atoms with Crippen LogP contribution in [0.15, 0.2) is 0 Å². The van der Waals surface area contributed by atoms with Crippen molar-refractivity contribution in [2.24, 2.45) is 5.73 Å². The Kier molecular flexibility index (Phi) is 11.2. The first kappa shape index (κ1) is 27.2. The molecule has 0 aliphatic heterocycles. The second kappa shape index (κ2) is 12.7. The molecule has 0 heterocycles. The van der Waals surface area contributed by atoms with Crippen LogP contribution in [0.4, 0.5) is 0 Å². The van der Waals surface area contributed by atoms with Gasteiger partial charge in [-0.3, -0.25) is 28.8 Å². The van der Waals surface area contributed by atoms with Crippen LogP contribution in [0, 0.1) is 0 Å². The molecular weight excluding hydrogens is 424 g/mol. The molecule has 0 aromatic heterocycles. The molecule has 0 saturated carbocycles. The molecule has 0 fully saturated rings. The molecule has 4 atom stereocenters. The van der Waals surface area contributed by atoms with Crippen LogP contribution in [-0.4, -0.2) is 86.2 Å². The topological polar surface area (TPSA) is 263 Å². The summed E-state index contributed by atoms with van der Waals surface area (Å²) in [7, 11) is 0. The second-order valence-corrected chi connectivity index (χ2v) is 6.43. The summed E-state index contributed by atoms with van der Waals surface area (Å²) in [4.78, 5) is 79.5. The third-order valence-corrected chi connectivity index (χ3v) is 3.76. The number of aliphatic carboxylic acids is 4. The van der Waals surface area contributed by atoms with Crippen molar-refractivity contribution in [3.8, 4) is 0 Å². The third kappa shape index (κ3) is 11.1. The molecule has 0 aliphatic rings. The predicted molar refractivity (Wildman–Crippen MR) is 98.5 cm³/mol. The Labute approximate surface area is 175 Å². The highest BCUT2D eigenvalue weighted by Crippen LogP contribution is 2.00. The van der Waals surface area contributed by atoms with Crippen LogP contribution in [-0.2, 0) is 33.6 Å². The van der Waals surface area contributed by atoms with Crippen molar-refractivity contribution in [3.63, 3.8) is 0 Å². The number of rotatable bonds is 14. The summed E-state index contributed by atoms with van der Waals surface area (Å²) in [6.07, 6.45) is -2.55. The molecule has 174 valence electrons. The van der Waals surface area contributed by atoms with Gasteiger partial charge in [0.15, 0.2) is 0 Å². The minimum Gasteiger partial charge on any atom is -0.481 e. The van der Waals surface area contributed by atoms with Gasteiger partial charge in [0.1, 0.15) is 18.1 Å². The summed E-state index contributed by atoms with van der Waals surface area (Å²) in [5, 5.41) is 41.1. The fourth-order valence-corrected chi connectivity index (χ4v) is 2.12. The van der Waals surface area contributed by atoms with E-state index >= 15 is 0 Å². The Balaban J connectivity index is 5.10. The maximum absolute atomic E-state index is 12.2. The first-order valence-corrected chi connectivity index (χ1v) is 8.79. The van der Waals surface area contributed by atoms with Crippen LogP contribution < -0.4 is 21.7 Å². The maximum atomic E-state index is 12.2. The van der Waals surface area contributed by atoms with Crippen molar-refractivity contribution >= 4 is 41.6 Å². The number of nitrogens with one attached hydrogen (secondary N) is 3. The van der Waals surface area contributed by atoms with E-state index in [0.29, 0.717) is 0 Å². The largest absolute Gasteiger partial charge is 0.481 e. The van der Waals surface area contributed by atoms with Gasteiger partial charge in [-0.25, -0.2) is 4.79 Å². The Morgan fingerprint density at radius 3 is 1.65 bits per heavy atom. The molecular formula is C16H24N4O11. The van der Waals surface area contributed by atoms with Crippen molar-refractivity contribution in [1.29, 1.82) is 0 Å². The highest BCUT2D eigenvalue weighted by atomic mass is 16.4. The molecule has 0 aliphatic carbocycles. The van der Waals surface area contributed by atoms with Gasteiger partial charge in [-0.05, 0) is 13.3 Å². The Morgan fingerprint density at radius 2 is 1.19 bits per heavy atom. The minimum absolute atomic E-state index is 0.209. The number of carbonyl (C=O) groups is 7. The van der Waals surface area contributed by atoms with Crippen LogP contribution in [0.25, 0.3) is 0 Å². The van der Waals surface area contributed by atoms with Crippen molar-refractivity contribution in [3.05, 3.63) is 0 Å². The van der Waals surface area contributed by atoms with Crippen molar-refractivity contribution in [2.75, 3.05) is 0 Å². The van der Waals surface area contributed by atoms with Gasteiger partial charge in [-0.15, -0.1) is 0 Å². The zero-order chi connectivity index (χ0) is 24.3. The number of carboxylic acids is 4. The fraction of sp³-hybridized carbons (Fsp3) is 0.562. The van der Waals surface area contributed by atoms with E-state index < -0.39 is 85.0 Å². The molecule has 15 heteroatoms. The lowest BCUT2D eigenvalue weighted by Crippen LogP contribution is -2.57. The van der Waals surface area contributed by atoms with E-state index in [1.54, 1.807) is 0 Å². The number of amides is 3. The van der Waals surface area contributed by atoms with Crippen LogP contribution in [0.5, 0.6) is 0 Å². The van der Waals surface area contributed by atoms with Crippen molar-refractivity contribution < 1.29 is 54.0 Å². The molecule has 0 aromatic carbocycles. The molecule has 31 heavy (non-hydrogen) atoms. The van der Waals surface area contributed by atoms with Crippen LogP contribution >= 0.6 is 0 Å². The lowest BCUT2D eigenvalue weighted by Gasteiger charge is -2.22. The van der Waals surface area contributed by atoms with Gasteiger partial charge in [-0.2, -0.15) is 0 Å². The summed E-state index contributed by atoms with van der Waals surface area (Å²) in [6, 6.07) is -6.21. The van der Waals surface area contributed by atoms with Crippen molar-refractivity contribution in [1.82, 2.24) is 16.0 Å². The van der Waals surface area contributed by atoms with Gasteiger partial charge in [0.2, 0.25) is 17.7 Å². The summed E-state index contributed by atoms with van der Waals surface area (Å²) >= 11 is 0. The Bertz CT molecular complexity index is 739. The number of hydrogen-bond donors (Lipinski definition) is 8. The first-order valence-electron chi connectivity index (χ1n) is 8.79. The number of hydrogen-bond acceptors (Lipinski definition) is 8. The van der Waals surface area contributed by atoms with E-state index in [9.17, 15) is 33.6 Å². The average molecular weight is 448 g/mol. The summed E-state index contributed by atoms with van der Waals surface area (Å²) in [6.45, 7) is 1.18. The van der Waals surface area contributed by atoms with Crippen LogP contribution in [0.2, 0.25) is 0 Å². The molecule has 9 N–H and O–H groups in total. The van der Waals surface area contributed by atoms with Crippen LogP contribution in [0.1, 0.15) is 32.6 Å². The van der Waals surface area contributed by atoms with E-state index in [2.05, 4.69) is 5.32 Å². The van der Waals surface area contributed by atoms with Crippen LogP contribution in [0.3, 0.4) is 0 Å². The molecule has 0 radical (unpaired) electrons. The molecule has 0 aromatic rings. The standard InChI is InChI=1S/C16H24N4O11/c1-6(18-14(28)7(17)2-3-10(21)22)13(27)19-8(4-11(23)24)15(29)20-9(16(30)31)5-12(25)26/h6-9H,2-5,17H2,1H3,(H,18,28)(H,19,27)(H,20,29)(H,21,22)(H,23,24)(H,25,26)(H,30,31). The van der Waals surface area contributed by atoms with Gasteiger partial charge in [0, 0.05) is 6.42 Å². The zero-order valence-electron chi connectivity index (χ0n) is 16.4. The highest BCUT2D eigenvalue weighted by molar-refractivity contribution is 5.96. The molecule has 0 rings (SSSR count). The van der Waals surface area contributed by atoms with Gasteiger partial charge in [0.25, 0.3) is 0 Å². The summed E-state index contributed by atoms with van der Waals surface area (Å²) in [5.41, 5.74) is 5.50. The third-order valence-electron chi connectivity index (χ3n) is 3.76. The van der Waals surface area contributed by atoms with Gasteiger partial charge >= 0.3 is 23.9 Å². The first-order chi connectivity index (χ1) is 14.2. The normalized spacial score (nSPS) is 14.3. The lowest BCUT2D eigenvalue weighted by molar-refractivity contribution is -0.148. The molecule has 0 bridgehead atoms. The van der Waals surface area contributed by atoms with Crippen molar-refractivity contribution in [2.45, 2.75) is 56.8 Å². The SMILES string of the molecule is CC(NC(=O)C(N)CCC(=O)O)C(=O)NC(CC(=O)O)C(=O)NC(CC(=O)O)C(=O)O. The van der Waals surface area contributed by atoms with Gasteiger partial charge in [0.05, 0.1) is 18.9 Å². The number of carboxylic acid groups (broad SMARTS) is 4. The smallest absolute Gasteiger partial charge is 0.326 e. The average Bonchev–Trinajstić information content (AvgIpc) is 2.63. The zero-order valence-corrected chi connectivity index (χ0v) is 16.4. The van der Waals surface area contributed by atoms with Gasteiger partial charge < -0.3 is 42.1 Å². The molecule has 0 saturated heterocycles. The highest BCUT2D eigenvalue weighted by Gasteiger charge is 2.31. The second-order valence-electron chi connectivity index (χ2n) is 6.43. The van der Waals surface area contributed by atoms with Gasteiger partial charge in [-0.1, -0.05) is 0 Å². The van der Waals surface area contributed by atoms with E-state index in [1.165, 1.54) is 6.92 Å². The quantitative estimate of drug-likeness (QED) is 0.130. The number of carbonyl (C=O) groups excluding carboxylic acids is 3. The van der Waals surface area contributed by atoms with E-state index in [-0.39, 0.29) is 6.42 Å². The molecule has 3 amide bonds. The predicted octanol–water partition coefficient (Wildman–Crippen LogP) is -3.31. The summed E-state index contributed by atoms with van der Waals surface area (Å²) in [5.74, 6) is -9.09. The molecule has 15 nitrogen and oxygen atoms in total. The lowest BCUT2D eigenvalue weighted by atomic mass is 10.1. The Hall–Kier alpha value is -3.75. The monoisotopic (exact) mass is 448 g/mol. The minimum atomic E-state index is -1.87. The van der Waals surface area contributed by atoms with E-state index in [4.69, 9.17) is 26.2 Å². The molecule has 4 unspecified atom stereocenters. The Morgan fingerprint density at radius 1 is 0.710 bits per heavy atom. The molecule has 0 spiro atoms. The number of nitrogens with two attached hydrogens (primary N) is 1. The van der Waals surface area contributed by atoms with E-state index in [0.717, 1.165) is 0 Å². The summed E-state index contributed by atoms with van der Waals surface area (Å²) < 4.78 is 0. The fourth-order valence-electron chi connectivity index (χ4n) is 2.12.